The average Bonchev–Trinajstić information content (AvgIpc) is 3.47. The van der Waals surface area contributed by atoms with Gasteiger partial charge in [-0.1, -0.05) is 121 Å². The van der Waals surface area contributed by atoms with Crippen LogP contribution in [0.5, 0.6) is 0 Å². The molecule has 0 amide bonds. The van der Waals surface area contributed by atoms with Crippen molar-refractivity contribution in [2.24, 2.45) is 0 Å². The molecule has 0 bridgehead atoms. The van der Waals surface area contributed by atoms with Crippen LogP contribution in [0.25, 0.3) is 86.3 Å². The van der Waals surface area contributed by atoms with Crippen LogP contribution in [0, 0.1) is 0 Å². The van der Waals surface area contributed by atoms with E-state index in [9.17, 15) is 0 Å². The van der Waals surface area contributed by atoms with Crippen LogP contribution in [0.15, 0.2) is 146 Å². The largest absolute Gasteiger partial charge is 0.252 e. The van der Waals surface area contributed by atoms with Crippen LogP contribution in [0.4, 0.5) is 0 Å². The maximum Gasteiger partial charge on any atom is 0.0979 e. The third-order valence-electron chi connectivity index (χ3n) is 8.50. The summed E-state index contributed by atoms with van der Waals surface area (Å²) in [7, 11) is 0. The summed E-state index contributed by atoms with van der Waals surface area (Å²) in [6.45, 7) is 0. The van der Waals surface area contributed by atoms with Gasteiger partial charge in [0.05, 0.1) is 22.9 Å². The number of rotatable bonds is 3. The molecule has 7 aromatic carbocycles. The second-order valence-corrected chi connectivity index (χ2v) is 12.0. The molecule has 0 saturated heterocycles. The summed E-state index contributed by atoms with van der Waals surface area (Å²) in [6.07, 6.45) is 1.90. The fourth-order valence-corrected chi connectivity index (χ4v) is 7.68. The van der Waals surface area contributed by atoms with E-state index in [-0.39, 0.29) is 0 Å². The van der Waals surface area contributed by atoms with E-state index in [1.165, 1.54) is 53.2 Å². The molecule has 0 fully saturated rings. The van der Waals surface area contributed by atoms with Gasteiger partial charge in [0.1, 0.15) is 0 Å². The molecular formula is C40H24N2S. The number of nitrogens with zero attached hydrogens (tertiary/aromatic N) is 2. The van der Waals surface area contributed by atoms with Gasteiger partial charge in [0, 0.05) is 36.5 Å². The lowest BCUT2D eigenvalue weighted by Crippen LogP contribution is -1.92. The molecule has 0 saturated carbocycles. The highest BCUT2D eigenvalue weighted by atomic mass is 32.1. The number of hydrogen-bond acceptors (Lipinski definition) is 3. The molecule has 0 atom stereocenters. The van der Waals surface area contributed by atoms with Crippen molar-refractivity contribution in [3.05, 3.63) is 146 Å². The molecule has 200 valence electrons. The number of aromatic nitrogens is 2. The highest BCUT2D eigenvalue weighted by Gasteiger charge is 2.15. The fraction of sp³-hybridized carbons (Fsp3) is 0. The number of hydrogen-bond donors (Lipinski definition) is 0. The van der Waals surface area contributed by atoms with Gasteiger partial charge in [-0.3, -0.25) is 4.98 Å². The van der Waals surface area contributed by atoms with Crippen LogP contribution < -0.4 is 0 Å². The summed E-state index contributed by atoms with van der Waals surface area (Å²) in [5.74, 6) is 0. The Kier molecular flexibility index (Phi) is 5.40. The molecule has 0 N–H and O–H groups in total. The highest BCUT2D eigenvalue weighted by Crippen LogP contribution is 2.41. The Morgan fingerprint density at radius 2 is 1.09 bits per heavy atom. The summed E-state index contributed by atoms with van der Waals surface area (Å²) >= 11 is 1.88. The maximum absolute atomic E-state index is 5.13. The van der Waals surface area contributed by atoms with E-state index in [2.05, 4.69) is 121 Å². The average molecular weight is 565 g/mol. The fourth-order valence-electron chi connectivity index (χ4n) is 6.44. The Bertz CT molecular complexity index is 2490. The zero-order chi connectivity index (χ0) is 28.3. The van der Waals surface area contributed by atoms with Crippen molar-refractivity contribution < 1.29 is 0 Å². The number of fused-ring (bicyclic) bond motifs is 9. The molecular weight excluding hydrogens is 541 g/mol. The summed E-state index contributed by atoms with van der Waals surface area (Å²) in [5.41, 5.74) is 8.74. The second kappa shape index (κ2) is 9.59. The molecule has 43 heavy (non-hydrogen) atoms. The van der Waals surface area contributed by atoms with E-state index in [0.29, 0.717) is 0 Å². The summed E-state index contributed by atoms with van der Waals surface area (Å²) in [5, 5.41) is 7.28. The van der Waals surface area contributed by atoms with Crippen molar-refractivity contribution in [1.29, 1.82) is 0 Å². The Hall–Kier alpha value is -5.38. The lowest BCUT2D eigenvalue weighted by molar-refractivity contribution is 1.31. The van der Waals surface area contributed by atoms with Crippen molar-refractivity contribution in [3.63, 3.8) is 0 Å². The molecule has 2 nitrogen and oxygen atoms in total. The van der Waals surface area contributed by atoms with Crippen molar-refractivity contribution in [1.82, 2.24) is 9.97 Å². The Labute approximate surface area is 252 Å². The van der Waals surface area contributed by atoms with Crippen LogP contribution in [-0.4, -0.2) is 9.97 Å². The highest BCUT2D eigenvalue weighted by molar-refractivity contribution is 7.26. The van der Waals surface area contributed by atoms with Crippen LogP contribution >= 0.6 is 11.3 Å². The molecule has 0 spiro atoms. The first kappa shape index (κ1) is 24.2. The SMILES string of the molecule is c1ccc(-c2cnc3c4ccc(-c5cccc(-c6cccc7c6sc6ccccc67)c5)cc4c4ccccc4c3n2)cc1. The van der Waals surface area contributed by atoms with E-state index < -0.39 is 0 Å². The van der Waals surface area contributed by atoms with Crippen LogP contribution in [0.2, 0.25) is 0 Å². The van der Waals surface area contributed by atoms with E-state index in [4.69, 9.17) is 9.97 Å². The van der Waals surface area contributed by atoms with Crippen LogP contribution in [0.3, 0.4) is 0 Å². The summed E-state index contributed by atoms with van der Waals surface area (Å²) in [4.78, 5) is 10.1. The molecule has 9 rings (SSSR count). The molecule has 0 unspecified atom stereocenters. The molecule has 2 aromatic heterocycles. The minimum atomic E-state index is 0.889. The minimum Gasteiger partial charge on any atom is -0.252 e. The molecule has 3 heteroatoms. The van der Waals surface area contributed by atoms with E-state index >= 15 is 0 Å². The normalized spacial score (nSPS) is 11.7. The lowest BCUT2D eigenvalue weighted by Gasteiger charge is -2.13. The predicted octanol–water partition coefficient (Wildman–Crippen LogP) is 11.3. The van der Waals surface area contributed by atoms with Gasteiger partial charge in [-0.05, 0) is 51.2 Å². The van der Waals surface area contributed by atoms with Gasteiger partial charge in [-0.25, -0.2) is 4.98 Å². The van der Waals surface area contributed by atoms with E-state index in [1.807, 2.05) is 35.7 Å². The van der Waals surface area contributed by atoms with Gasteiger partial charge in [-0.15, -0.1) is 11.3 Å². The predicted molar refractivity (Wildman–Crippen MR) is 184 cm³/mol. The number of benzene rings is 7. The smallest absolute Gasteiger partial charge is 0.0979 e. The third kappa shape index (κ3) is 3.86. The van der Waals surface area contributed by atoms with Crippen LogP contribution in [-0.2, 0) is 0 Å². The standard InChI is InChI=1S/C40H24N2S/c1-2-10-25(11-3-1)36-24-41-38-33-21-20-27(23-35(33)30-14-4-5-16-32(30)39(38)42-36)26-12-8-13-28(22-26)29-17-9-18-34-31-15-6-7-19-37(31)43-40(29)34/h1-24H. The van der Waals surface area contributed by atoms with Crippen molar-refractivity contribution in [2.45, 2.75) is 0 Å². The monoisotopic (exact) mass is 564 g/mol. The molecule has 0 aliphatic carbocycles. The zero-order valence-electron chi connectivity index (χ0n) is 23.2. The molecule has 0 aliphatic heterocycles. The van der Waals surface area contributed by atoms with Gasteiger partial charge in [0.2, 0.25) is 0 Å². The third-order valence-corrected chi connectivity index (χ3v) is 9.72. The zero-order valence-corrected chi connectivity index (χ0v) is 24.0. The number of thiophene rings is 1. The van der Waals surface area contributed by atoms with E-state index in [0.717, 1.165) is 33.1 Å². The topological polar surface area (TPSA) is 25.8 Å². The molecule has 2 heterocycles. The molecule has 9 aromatic rings. The second-order valence-electron chi connectivity index (χ2n) is 11.0. The minimum absolute atomic E-state index is 0.889. The Morgan fingerprint density at radius 3 is 2.00 bits per heavy atom. The molecule has 0 aliphatic rings. The van der Waals surface area contributed by atoms with Crippen LogP contribution in [0.1, 0.15) is 0 Å². The van der Waals surface area contributed by atoms with Gasteiger partial charge in [0.15, 0.2) is 0 Å². The van der Waals surface area contributed by atoms with Gasteiger partial charge in [-0.2, -0.15) is 0 Å². The van der Waals surface area contributed by atoms with Crippen molar-refractivity contribution in [2.75, 3.05) is 0 Å². The van der Waals surface area contributed by atoms with Gasteiger partial charge in [0.25, 0.3) is 0 Å². The first-order chi connectivity index (χ1) is 21.3. The van der Waals surface area contributed by atoms with E-state index in [1.54, 1.807) is 0 Å². The quantitative estimate of drug-likeness (QED) is 0.199. The maximum atomic E-state index is 5.13. The molecule has 0 radical (unpaired) electrons. The van der Waals surface area contributed by atoms with Crippen molar-refractivity contribution in [3.8, 4) is 33.5 Å². The Morgan fingerprint density at radius 1 is 0.419 bits per heavy atom. The summed E-state index contributed by atoms with van der Waals surface area (Å²) in [6, 6.07) is 49.9. The summed E-state index contributed by atoms with van der Waals surface area (Å²) < 4.78 is 2.67. The Balaban J connectivity index is 1.22. The van der Waals surface area contributed by atoms with Crippen molar-refractivity contribution >= 4 is 64.1 Å². The van der Waals surface area contributed by atoms with Gasteiger partial charge < -0.3 is 0 Å². The first-order valence-electron chi connectivity index (χ1n) is 14.5. The lowest BCUT2D eigenvalue weighted by atomic mass is 9.94. The van der Waals surface area contributed by atoms with Gasteiger partial charge >= 0.3 is 0 Å². The first-order valence-corrected chi connectivity index (χ1v) is 15.3.